The highest BCUT2D eigenvalue weighted by atomic mass is 16.5. The zero-order valence-electron chi connectivity index (χ0n) is 7.11. The SMILES string of the molecule is COc1ccn2nc(C)cc2c1. The Morgan fingerprint density at radius 3 is 3.00 bits per heavy atom. The molecule has 3 nitrogen and oxygen atoms in total. The first kappa shape index (κ1) is 7.16. The van der Waals surface area contributed by atoms with Gasteiger partial charge in [-0.15, -0.1) is 0 Å². The van der Waals surface area contributed by atoms with Crippen molar-refractivity contribution in [3.8, 4) is 5.75 Å². The first-order chi connectivity index (χ1) is 5.79. The van der Waals surface area contributed by atoms with Crippen molar-refractivity contribution in [1.82, 2.24) is 9.61 Å². The summed E-state index contributed by atoms with van der Waals surface area (Å²) in [6.45, 7) is 1.97. The van der Waals surface area contributed by atoms with Crippen molar-refractivity contribution in [3.05, 3.63) is 30.1 Å². The van der Waals surface area contributed by atoms with E-state index in [0.717, 1.165) is 17.0 Å². The second-order valence-corrected chi connectivity index (χ2v) is 2.72. The van der Waals surface area contributed by atoms with Gasteiger partial charge >= 0.3 is 0 Å². The van der Waals surface area contributed by atoms with Crippen LogP contribution in [0.1, 0.15) is 5.69 Å². The molecule has 12 heavy (non-hydrogen) atoms. The molecular weight excluding hydrogens is 152 g/mol. The number of fused-ring (bicyclic) bond motifs is 1. The predicted molar refractivity (Wildman–Crippen MR) is 46.5 cm³/mol. The molecule has 0 aliphatic carbocycles. The lowest BCUT2D eigenvalue weighted by atomic mass is 10.3. The molecule has 0 unspecified atom stereocenters. The van der Waals surface area contributed by atoms with Crippen LogP contribution in [0.3, 0.4) is 0 Å². The summed E-state index contributed by atoms with van der Waals surface area (Å²) >= 11 is 0. The molecule has 0 saturated heterocycles. The average molecular weight is 162 g/mol. The fourth-order valence-electron chi connectivity index (χ4n) is 1.23. The van der Waals surface area contributed by atoms with Gasteiger partial charge in [-0.1, -0.05) is 0 Å². The summed E-state index contributed by atoms with van der Waals surface area (Å²) in [4.78, 5) is 0. The average Bonchev–Trinajstić information content (AvgIpc) is 2.43. The van der Waals surface area contributed by atoms with Gasteiger partial charge in [-0.25, -0.2) is 4.52 Å². The number of ether oxygens (including phenoxy) is 1. The van der Waals surface area contributed by atoms with Crippen LogP contribution >= 0.6 is 0 Å². The van der Waals surface area contributed by atoms with Crippen LogP contribution in [0.2, 0.25) is 0 Å². The second kappa shape index (κ2) is 2.52. The molecule has 3 heteroatoms. The smallest absolute Gasteiger partial charge is 0.122 e. The van der Waals surface area contributed by atoms with E-state index < -0.39 is 0 Å². The number of hydrogen-bond acceptors (Lipinski definition) is 2. The highest BCUT2D eigenvalue weighted by Crippen LogP contribution is 2.14. The van der Waals surface area contributed by atoms with Crippen molar-refractivity contribution in [2.45, 2.75) is 6.92 Å². The van der Waals surface area contributed by atoms with Crippen LogP contribution in [0.15, 0.2) is 24.4 Å². The normalized spacial score (nSPS) is 10.5. The maximum atomic E-state index is 5.09. The molecule has 0 spiro atoms. The molecule has 0 fully saturated rings. The Morgan fingerprint density at radius 1 is 1.42 bits per heavy atom. The van der Waals surface area contributed by atoms with E-state index in [4.69, 9.17) is 4.74 Å². The van der Waals surface area contributed by atoms with Gasteiger partial charge in [0.15, 0.2) is 0 Å². The second-order valence-electron chi connectivity index (χ2n) is 2.72. The van der Waals surface area contributed by atoms with Crippen LogP contribution in [-0.4, -0.2) is 16.7 Å². The first-order valence-corrected chi connectivity index (χ1v) is 3.79. The standard InChI is InChI=1S/C9H10N2O/c1-7-5-8-6-9(12-2)3-4-11(8)10-7/h3-6H,1-2H3. The van der Waals surface area contributed by atoms with E-state index in [1.54, 1.807) is 7.11 Å². The fourth-order valence-corrected chi connectivity index (χ4v) is 1.23. The number of hydrogen-bond donors (Lipinski definition) is 0. The Morgan fingerprint density at radius 2 is 2.25 bits per heavy atom. The summed E-state index contributed by atoms with van der Waals surface area (Å²) < 4.78 is 6.92. The van der Waals surface area contributed by atoms with Crippen molar-refractivity contribution in [2.75, 3.05) is 7.11 Å². The Kier molecular flexibility index (Phi) is 1.50. The molecule has 0 N–H and O–H groups in total. The topological polar surface area (TPSA) is 26.5 Å². The highest BCUT2D eigenvalue weighted by Gasteiger charge is 1.97. The Hall–Kier alpha value is -1.51. The first-order valence-electron chi connectivity index (χ1n) is 3.79. The number of pyridine rings is 1. The van der Waals surface area contributed by atoms with Crippen LogP contribution in [-0.2, 0) is 0 Å². The zero-order chi connectivity index (χ0) is 8.55. The molecule has 62 valence electrons. The van der Waals surface area contributed by atoms with Crippen molar-refractivity contribution in [3.63, 3.8) is 0 Å². The summed E-state index contributed by atoms with van der Waals surface area (Å²) in [5.41, 5.74) is 2.08. The van der Waals surface area contributed by atoms with Gasteiger partial charge in [-0.3, -0.25) is 0 Å². The quantitative estimate of drug-likeness (QED) is 0.637. The van der Waals surface area contributed by atoms with Crippen molar-refractivity contribution in [1.29, 1.82) is 0 Å². The summed E-state index contributed by atoms with van der Waals surface area (Å²) in [6.07, 6.45) is 1.89. The van der Waals surface area contributed by atoms with E-state index in [1.807, 2.05) is 35.8 Å². The molecule has 0 radical (unpaired) electrons. The number of nitrogens with zero attached hydrogens (tertiary/aromatic N) is 2. The Labute approximate surface area is 70.6 Å². The van der Waals surface area contributed by atoms with E-state index in [1.165, 1.54) is 0 Å². The molecule has 0 atom stereocenters. The third-order valence-corrected chi connectivity index (χ3v) is 1.79. The van der Waals surface area contributed by atoms with E-state index in [-0.39, 0.29) is 0 Å². The van der Waals surface area contributed by atoms with Gasteiger partial charge in [0.1, 0.15) is 5.75 Å². The number of rotatable bonds is 1. The fraction of sp³-hybridized carbons (Fsp3) is 0.222. The maximum Gasteiger partial charge on any atom is 0.122 e. The van der Waals surface area contributed by atoms with Crippen LogP contribution < -0.4 is 4.74 Å². The molecule has 0 aromatic carbocycles. The lowest BCUT2D eigenvalue weighted by molar-refractivity contribution is 0.414. The molecule has 0 saturated carbocycles. The van der Waals surface area contributed by atoms with Gasteiger partial charge in [-0.2, -0.15) is 5.10 Å². The van der Waals surface area contributed by atoms with Crippen LogP contribution in [0.4, 0.5) is 0 Å². The van der Waals surface area contributed by atoms with Crippen molar-refractivity contribution >= 4 is 5.52 Å². The van der Waals surface area contributed by atoms with Gasteiger partial charge in [0.05, 0.1) is 18.3 Å². The lowest BCUT2D eigenvalue weighted by Gasteiger charge is -1.98. The van der Waals surface area contributed by atoms with Gasteiger partial charge < -0.3 is 4.74 Å². The Bertz CT molecular complexity index is 406. The molecule has 0 bridgehead atoms. The van der Waals surface area contributed by atoms with Crippen LogP contribution in [0.5, 0.6) is 5.75 Å². The minimum absolute atomic E-state index is 0.863. The summed E-state index contributed by atoms with van der Waals surface area (Å²) in [6, 6.07) is 5.86. The van der Waals surface area contributed by atoms with Crippen molar-refractivity contribution in [2.24, 2.45) is 0 Å². The van der Waals surface area contributed by atoms with Crippen molar-refractivity contribution < 1.29 is 4.74 Å². The molecule has 2 aromatic heterocycles. The lowest BCUT2D eigenvalue weighted by Crippen LogP contribution is -1.88. The molecule has 2 rings (SSSR count). The van der Waals surface area contributed by atoms with E-state index in [9.17, 15) is 0 Å². The maximum absolute atomic E-state index is 5.09. The van der Waals surface area contributed by atoms with E-state index >= 15 is 0 Å². The molecule has 0 aliphatic rings. The number of aryl methyl sites for hydroxylation is 1. The van der Waals surface area contributed by atoms with Crippen LogP contribution in [0.25, 0.3) is 5.52 Å². The monoisotopic (exact) mass is 162 g/mol. The predicted octanol–water partition coefficient (Wildman–Crippen LogP) is 1.65. The third kappa shape index (κ3) is 1.03. The summed E-state index contributed by atoms with van der Waals surface area (Å²) in [7, 11) is 1.66. The minimum Gasteiger partial charge on any atom is -0.497 e. The highest BCUT2D eigenvalue weighted by molar-refractivity contribution is 5.51. The summed E-state index contributed by atoms with van der Waals surface area (Å²) in [5.74, 6) is 0.863. The molecule has 0 aliphatic heterocycles. The number of aromatic nitrogens is 2. The molecule has 0 amide bonds. The zero-order valence-corrected chi connectivity index (χ0v) is 7.11. The molecule has 2 heterocycles. The van der Waals surface area contributed by atoms with Gasteiger partial charge in [0.25, 0.3) is 0 Å². The van der Waals surface area contributed by atoms with Gasteiger partial charge in [-0.05, 0) is 19.1 Å². The van der Waals surface area contributed by atoms with Gasteiger partial charge in [0.2, 0.25) is 0 Å². The Balaban J connectivity index is 2.66. The largest absolute Gasteiger partial charge is 0.497 e. The van der Waals surface area contributed by atoms with Crippen LogP contribution in [0, 0.1) is 6.92 Å². The van der Waals surface area contributed by atoms with E-state index in [0.29, 0.717) is 0 Å². The van der Waals surface area contributed by atoms with E-state index in [2.05, 4.69) is 5.10 Å². The molecule has 2 aromatic rings. The minimum atomic E-state index is 0.863. The third-order valence-electron chi connectivity index (χ3n) is 1.79. The summed E-state index contributed by atoms with van der Waals surface area (Å²) in [5, 5.41) is 4.25. The molecular formula is C9H10N2O. The van der Waals surface area contributed by atoms with Gasteiger partial charge in [0, 0.05) is 12.3 Å². The number of methoxy groups -OCH3 is 1.